The molecule has 9 heteroatoms. The van der Waals surface area contributed by atoms with E-state index in [0.717, 1.165) is 10.0 Å². The van der Waals surface area contributed by atoms with Crippen LogP contribution in [0.2, 0.25) is 0 Å². The van der Waals surface area contributed by atoms with Gasteiger partial charge in [0.25, 0.3) is 11.5 Å². The van der Waals surface area contributed by atoms with E-state index in [0.29, 0.717) is 36.2 Å². The van der Waals surface area contributed by atoms with Crippen molar-refractivity contribution < 1.29 is 4.79 Å². The lowest BCUT2D eigenvalue weighted by molar-refractivity contribution is 0.0952. The molecule has 0 bridgehead atoms. The number of nitrogens with zero attached hydrogens (tertiary/aromatic N) is 5. The van der Waals surface area contributed by atoms with E-state index in [1.165, 1.54) is 12.5 Å². The molecule has 0 fully saturated rings. The number of nitrogens with one attached hydrogen (secondary N) is 1. The molecule has 4 aromatic rings. The number of hydrogen-bond acceptors (Lipinski definition) is 5. The monoisotopic (exact) mass is 452 g/mol. The second-order valence-electron chi connectivity index (χ2n) is 6.40. The fourth-order valence-corrected chi connectivity index (χ4v) is 3.21. The molecule has 29 heavy (non-hydrogen) atoms. The summed E-state index contributed by atoms with van der Waals surface area (Å²) >= 11 is 3.40. The van der Waals surface area contributed by atoms with Crippen molar-refractivity contribution >= 4 is 32.9 Å². The molecule has 0 aliphatic heterocycles. The molecule has 3 heterocycles. The first-order valence-electron chi connectivity index (χ1n) is 8.95. The van der Waals surface area contributed by atoms with Crippen LogP contribution in [-0.4, -0.2) is 36.8 Å². The normalized spacial score (nSPS) is 10.9. The molecule has 1 N–H and O–H groups in total. The highest BCUT2D eigenvalue weighted by molar-refractivity contribution is 9.10. The molecule has 0 radical (unpaired) electrons. The van der Waals surface area contributed by atoms with Gasteiger partial charge in [-0.3, -0.25) is 19.1 Å². The van der Waals surface area contributed by atoms with Crippen LogP contribution in [0.1, 0.15) is 15.9 Å². The van der Waals surface area contributed by atoms with E-state index in [4.69, 9.17) is 0 Å². The molecule has 1 aromatic carbocycles. The zero-order valence-corrected chi connectivity index (χ0v) is 16.9. The Hall–Kier alpha value is -3.33. The van der Waals surface area contributed by atoms with Crippen LogP contribution in [-0.2, 0) is 13.1 Å². The van der Waals surface area contributed by atoms with Crippen LogP contribution in [0.3, 0.4) is 0 Å². The zero-order valence-electron chi connectivity index (χ0n) is 15.3. The molecular formula is C20H17BrN6O2. The maximum Gasteiger partial charge on any atom is 0.264 e. The number of halogens is 1. The Morgan fingerprint density at radius 3 is 2.62 bits per heavy atom. The maximum atomic E-state index is 12.8. The van der Waals surface area contributed by atoms with E-state index in [9.17, 15) is 9.59 Å². The molecule has 146 valence electrons. The summed E-state index contributed by atoms with van der Waals surface area (Å²) in [5.41, 5.74) is 1.90. The fourth-order valence-electron chi connectivity index (χ4n) is 2.94. The number of rotatable bonds is 6. The molecule has 0 aliphatic carbocycles. The molecule has 0 unspecified atom stereocenters. The van der Waals surface area contributed by atoms with Gasteiger partial charge in [-0.2, -0.15) is 5.10 Å². The molecule has 8 nitrogen and oxygen atoms in total. The summed E-state index contributed by atoms with van der Waals surface area (Å²) in [6, 6.07) is 11.1. The van der Waals surface area contributed by atoms with Crippen LogP contribution < -0.4 is 10.9 Å². The van der Waals surface area contributed by atoms with Crippen LogP contribution in [0, 0.1) is 0 Å². The third-order valence-corrected chi connectivity index (χ3v) is 4.97. The van der Waals surface area contributed by atoms with Gasteiger partial charge in [-0.1, -0.05) is 28.1 Å². The lowest BCUT2D eigenvalue weighted by atomic mass is 10.2. The van der Waals surface area contributed by atoms with Crippen molar-refractivity contribution in [1.82, 2.24) is 29.6 Å². The third kappa shape index (κ3) is 4.24. The third-order valence-electron chi connectivity index (χ3n) is 4.44. The predicted molar refractivity (Wildman–Crippen MR) is 112 cm³/mol. The number of carbonyl (C=O) groups excluding carboxylic acids is 1. The van der Waals surface area contributed by atoms with Crippen molar-refractivity contribution in [3.63, 3.8) is 0 Å². The van der Waals surface area contributed by atoms with E-state index < -0.39 is 0 Å². The summed E-state index contributed by atoms with van der Waals surface area (Å²) < 4.78 is 4.16. The zero-order chi connectivity index (χ0) is 20.2. The number of pyridine rings is 1. The average molecular weight is 453 g/mol. The summed E-state index contributed by atoms with van der Waals surface area (Å²) in [6.45, 7) is 1.20. The highest BCUT2D eigenvalue weighted by Gasteiger charge is 2.11. The van der Waals surface area contributed by atoms with E-state index in [1.807, 2.05) is 24.3 Å². The summed E-state index contributed by atoms with van der Waals surface area (Å²) in [5, 5.41) is 7.53. The molecule has 0 atom stereocenters. The first kappa shape index (κ1) is 19.0. The van der Waals surface area contributed by atoms with Crippen molar-refractivity contribution in [3.8, 4) is 0 Å². The van der Waals surface area contributed by atoms with E-state index in [-0.39, 0.29) is 11.5 Å². The number of carbonyl (C=O) groups is 1. The molecule has 3 aromatic heterocycles. The fraction of sp³-hybridized carbons (Fsp3) is 0.150. The number of aromatic nitrogens is 5. The second kappa shape index (κ2) is 8.36. The minimum Gasteiger partial charge on any atom is -0.350 e. The maximum absolute atomic E-state index is 12.8. The predicted octanol–water partition coefficient (Wildman–Crippen LogP) is 2.23. The van der Waals surface area contributed by atoms with Gasteiger partial charge in [-0.05, 0) is 29.8 Å². The van der Waals surface area contributed by atoms with Crippen molar-refractivity contribution in [1.29, 1.82) is 0 Å². The van der Waals surface area contributed by atoms with Crippen LogP contribution in [0.4, 0.5) is 0 Å². The molecular weight excluding hydrogens is 436 g/mol. The second-order valence-corrected chi connectivity index (χ2v) is 7.32. The van der Waals surface area contributed by atoms with Gasteiger partial charge >= 0.3 is 0 Å². The average Bonchev–Trinajstić information content (AvgIpc) is 3.16. The van der Waals surface area contributed by atoms with Crippen LogP contribution >= 0.6 is 15.9 Å². The van der Waals surface area contributed by atoms with Gasteiger partial charge < -0.3 is 5.32 Å². The summed E-state index contributed by atoms with van der Waals surface area (Å²) in [5.74, 6) is -0.186. The van der Waals surface area contributed by atoms with Crippen LogP contribution in [0.15, 0.2) is 70.6 Å². The number of hydrogen-bond donors (Lipinski definition) is 1. The van der Waals surface area contributed by atoms with Crippen LogP contribution in [0.25, 0.3) is 11.0 Å². The Kier molecular flexibility index (Phi) is 5.48. The Morgan fingerprint density at radius 2 is 1.86 bits per heavy atom. The van der Waals surface area contributed by atoms with Crippen molar-refractivity contribution in [3.05, 3.63) is 87.3 Å². The summed E-state index contributed by atoms with van der Waals surface area (Å²) in [6.07, 6.45) is 6.19. The van der Waals surface area contributed by atoms with Gasteiger partial charge in [0.05, 0.1) is 19.3 Å². The Balaban J connectivity index is 1.46. The van der Waals surface area contributed by atoms with Gasteiger partial charge in [0.15, 0.2) is 5.65 Å². The Morgan fingerprint density at radius 1 is 1.10 bits per heavy atom. The van der Waals surface area contributed by atoms with Crippen molar-refractivity contribution in [2.45, 2.75) is 13.1 Å². The Labute approximate surface area is 174 Å². The highest BCUT2D eigenvalue weighted by atomic mass is 79.9. The standard InChI is InChI=1S/C20H17BrN6O2/c21-16-3-1-14(2-4-16)12-26-13-24-18-17(20(26)29)11-25-27(18)10-9-23-19(28)15-5-7-22-8-6-15/h1-8,11,13H,9-10,12H2,(H,23,28). The summed E-state index contributed by atoms with van der Waals surface area (Å²) in [7, 11) is 0. The minimum atomic E-state index is -0.186. The van der Waals surface area contributed by atoms with Crippen LogP contribution in [0.5, 0.6) is 0 Å². The lowest BCUT2D eigenvalue weighted by Crippen LogP contribution is -2.27. The van der Waals surface area contributed by atoms with Gasteiger partial charge in [0, 0.05) is 29.0 Å². The van der Waals surface area contributed by atoms with Gasteiger partial charge in [-0.25, -0.2) is 9.67 Å². The molecule has 0 saturated heterocycles. The van der Waals surface area contributed by atoms with Gasteiger partial charge in [0.2, 0.25) is 0 Å². The highest BCUT2D eigenvalue weighted by Crippen LogP contribution is 2.12. The largest absolute Gasteiger partial charge is 0.350 e. The number of amides is 1. The molecule has 0 spiro atoms. The quantitative estimate of drug-likeness (QED) is 0.483. The molecule has 0 aliphatic rings. The van der Waals surface area contributed by atoms with Gasteiger partial charge in [-0.15, -0.1) is 0 Å². The SMILES string of the molecule is O=C(NCCn1ncc2c(=O)n(Cc3ccc(Br)cc3)cnc21)c1ccncc1. The van der Waals surface area contributed by atoms with Gasteiger partial charge in [0.1, 0.15) is 11.7 Å². The van der Waals surface area contributed by atoms with E-state index in [2.05, 4.69) is 36.3 Å². The summed E-state index contributed by atoms with van der Waals surface area (Å²) in [4.78, 5) is 33.2. The minimum absolute atomic E-state index is 0.148. The van der Waals surface area contributed by atoms with Crippen molar-refractivity contribution in [2.24, 2.45) is 0 Å². The van der Waals surface area contributed by atoms with E-state index >= 15 is 0 Å². The number of fused-ring (bicyclic) bond motifs is 1. The van der Waals surface area contributed by atoms with E-state index in [1.54, 1.807) is 33.8 Å². The first-order valence-corrected chi connectivity index (χ1v) is 9.75. The van der Waals surface area contributed by atoms with Crippen molar-refractivity contribution in [2.75, 3.05) is 6.54 Å². The lowest BCUT2D eigenvalue weighted by Gasteiger charge is -2.08. The smallest absolute Gasteiger partial charge is 0.264 e. The first-order chi connectivity index (χ1) is 14.1. The number of benzene rings is 1. The molecule has 1 amide bonds. The Bertz CT molecular complexity index is 1200. The molecule has 4 rings (SSSR count). The molecule has 0 saturated carbocycles. The topological polar surface area (TPSA) is 94.7 Å².